The molecule has 0 aliphatic heterocycles. The van der Waals surface area contributed by atoms with Gasteiger partial charge in [-0.3, -0.25) is 4.79 Å². The highest BCUT2D eigenvalue weighted by Gasteiger charge is 2.31. The molecule has 7 heteroatoms. The van der Waals surface area contributed by atoms with E-state index in [0.717, 1.165) is 5.56 Å². The molecule has 0 saturated heterocycles. The molecule has 0 aliphatic carbocycles. The monoisotopic (exact) mass is 430 g/mol. The summed E-state index contributed by atoms with van der Waals surface area (Å²) in [7, 11) is 0. The molecule has 0 N–H and O–H groups in total. The first-order valence-corrected chi connectivity index (χ1v) is 9.68. The van der Waals surface area contributed by atoms with Crippen molar-refractivity contribution in [3.63, 3.8) is 0 Å². The van der Waals surface area contributed by atoms with Gasteiger partial charge in [0.15, 0.2) is 0 Å². The quantitative estimate of drug-likeness (QED) is 0.377. The first kappa shape index (κ1) is 22.2. The molecule has 0 bridgehead atoms. The predicted molar refractivity (Wildman–Crippen MR) is 109 cm³/mol. The van der Waals surface area contributed by atoms with Crippen LogP contribution in [0.25, 0.3) is 0 Å². The van der Waals surface area contributed by atoms with E-state index in [0.29, 0.717) is 23.5 Å². The Bertz CT molecular complexity index is 1000. The number of hydrogen-bond acceptors (Lipinski definition) is 4. The molecule has 3 rings (SSSR count). The lowest BCUT2D eigenvalue weighted by atomic mass is 9.96. The Kier molecular flexibility index (Phi) is 7.18. The Morgan fingerprint density at radius 1 is 0.871 bits per heavy atom. The molecule has 31 heavy (non-hydrogen) atoms. The zero-order valence-corrected chi connectivity index (χ0v) is 16.8. The van der Waals surface area contributed by atoms with Crippen molar-refractivity contribution in [2.45, 2.75) is 32.2 Å². The molecule has 0 amide bonds. The highest BCUT2D eigenvalue weighted by molar-refractivity contribution is 5.78. The van der Waals surface area contributed by atoms with E-state index in [2.05, 4.69) is 4.74 Å². The smallest absolute Gasteiger partial charge is 0.460 e. The summed E-state index contributed by atoms with van der Waals surface area (Å²) in [6, 6.07) is 21.8. The molecular formula is C24H21F3O4. The highest BCUT2D eigenvalue weighted by atomic mass is 19.4. The summed E-state index contributed by atoms with van der Waals surface area (Å²) in [5.74, 6) is -0.323. The molecule has 3 aromatic carbocycles. The van der Waals surface area contributed by atoms with E-state index in [1.54, 1.807) is 37.3 Å². The molecule has 1 unspecified atom stereocenters. The topological polar surface area (TPSA) is 44.8 Å². The van der Waals surface area contributed by atoms with Gasteiger partial charge in [-0.15, -0.1) is 13.2 Å². The van der Waals surface area contributed by atoms with Crippen molar-refractivity contribution in [3.05, 3.63) is 90.0 Å². The maximum absolute atomic E-state index is 12.6. The zero-order chi connectivity index (χ0) is 22.3. The van der Waals surface area contributed by atoms with Crippen LogP contribution >= 0.6 is 0 Å². The maximum atomic E-state index is 12.6. The molecule has 4 nitrogen and oxygen atoms in total. The molecule has 1 atom stereocenters. The lowest BCUT2D eigenvalue weighted by molar-refractivity contribution is -0.274. The first-order chi connectivity index (χ1) is 14.8. The van der Waals surface area contributed by atoms with Gasteiger partial charge in [0, 0.05) is 0 Å². The second-order valence-electron chi connectivity index (χ2n) is 6.75. The average molecular weight is 430 g/mol. The van der Waals surface area contributed by atoms with E-state index in [1.807, 2.05) is 30.3 Å². The molecule has 0 heterocycles. The number of carbonyl (C=O) groups is 1. The van der Waals surface area contributed by atoms with Crippen LogP contribution in [0.3, 0.4) is 0 Å². The number of hydrogen-bond donors (Lipinski definition) is 0. The lowest BCUT2D eigenvalue weighted by Crippen LogP contribution is -2.18. The van der Waals surface area contributed by atoms with Gasteiger partial charge in [0.25, 0.3) is 0 Å². The summed E-state index contributed by atoms with van der Waals surface area (Å²) in [4.78, 5) is 12.6. The van der Waals surface area contributed by atoms with Gasteiger partial charge in [-0.2, -0.15) is 0 Å². The summed E-state index contributed by atoms with van der Waals surface area (Å²) >= 11 is 0. The minimum Gasteiger partial charge on any atom is -0.460 e. The Morgan fingerprint density at radius 3 is 2.26 bits per heavy atom. The van der Waals surface area contributed by atoms with E-state index < -0.39 is 18.2 Å². The Hall–Kier alpha value is -3.48. The Labute approximate surface area is 178 Å². The summed E-state index contributed by atoms with van der Waals surface area (Å²) in [5, 5.41) is 0. The maximum Gasteiger partial charge on any atom is 0.573 e. The van der Waals surface area contributed by atoms with Crippen LogP contribution in [-0.2, 0) is 16.1 Å². The van der Waals surface area contributed by atoms with Crippen molar-refractivity contribution >= 4 is 5.97 Å². The molecular weight excluding hydrogens is 409 g/mol. The largest absolute Gasteiger partial charge is 0.573 e. The van der Waals surface area contributed by atoms with Crippen molar-refractivity contribution in [2.75, 3.05) is 0 Å². The van der Waals surface area contributed by atoms with Crippen LogP contribution in [0.2, 0.25) is 0 Å². The summed E-state index contributed by atoms with van der Waals surface area (Å²) < 4.78 is 52.5. The van der Waals surface area contributed by atoms with Gasteiger partial charge in [-0.05, 0) is 53.9 Å². The summed E-state index contributed by atoms with van der Waals surface area (Å²) in [6.07, 6.45) is -4.43. The van der Waals surface area contributed by atoms with Gasteiger partial charge < -0.3 is 14.2 Å². The number of alkyl halides is 3. The Balaban J connectivity index is 1.64. The fraction of sp³-hybridized carbons (Fsp3) is 0.208. The van der Waals surface area contributed by atoms with Crippen LogP contribution < -0.4 is 9.47 Å². The third kappa shape index (κ3) is 6.77. The molecule has 0 spiro atoms. The van der Waals surface area contributed by atoms with Crippen molar-refractivity contribution in [3.8, 4) is 17.2 Å². The van der Waals surface area contributed by atoms with Crippen molar-refractivity contribution in [2.24, 2.45) is 0 Å². The van der Waals surface area contributed by atoms with E-state index in [-0.39, 0.29) is 12.4 Å². The summed E-state index contributed by atoms with van der Waals surface area (Å²) in [5.41, 5.74) is 1.13. The molecule has 3 aromatic rings. The van der Waals surface area contributed by atoms with E-state index in [1.165, 1.54) is 18.2 Å². The number of para-hydroxylation sites is 1. The molecule has 162 valence electrons. The third-order valence-electron chi connectivity index (χ3n) is 4.45. The van der Waals surface area contributed by atoms with Crippen LogP contribution in [0.4, 0.5) is 13.2 Å². The number of halogens is 3. The molecule has 0 aromatic heterocycles. The van der Waals surface area contributed by atoms with E-state index >= 15 is 0 Å². The standard InChI is InChI=1S/C24H21F3O4/c1-2-22(18-9-7-13-21(15-18)31-24(25,26)27)23(28)29-16-17-8-6-12-20(14-17)30-19-10-4-3-5-11-19/h3-15,22H,2,16H2,1H3. The van der Waals surface area contributed by atoms with Crippen LogP contribution in [0.1, 0.15) is 30.4 Å². The van der Waals surface area contributed by atoms with Crippen molar-refractivity contribution in [1.82, 2.24) is 0 Å². The molecule has 0 aliphatic rings. The second kappa shape index (κ2) is 10.0. The molecule has 0 fully saturated rings. The van der Waals surface area contributed by atoms with Gasteiger partial charge >= 0.3 is 12.3 Å². The summed E-state index contributed by atoms with van der Waals surface area (Å²) in [6.45, 7) is 1.78. The normalized spacial score (nSPS) is 12.1. The van der Waals surface area contributed by atoms with Gasteiger partial charge in [-0.25, -0.2) is 0 Å². The van der Waals surface area contributed by atoms with E-state index in [9.17, 15) is 18.0 Å². The van der Waals surface area contributed by atoms with Gasteiger partial charge in [0.2, 0.25) is 0 Å². The predicted octanol–water partition coefficient (Wildman–Crippen LogP) is 6.61. The minimum absolute atomic E-state index is 0.0140. The lowest BCUT2D eigenvalue weighted by Gasteiger charge is -2.16. The third-order valence-corrected chi connectivity index (χ3v) is 4.45. The number of rotatable bonds is 8. The van der Waals surface area contributed by atoms with E-state index in [4.69, 9.17) is 9.47 Å². The number of carbonyl (C=O) groups excluding carboxylic acids is 1. The molecule has 0 radical (unpaired) electrons. The minimum atomic E-state index is -4.80. The van der Waals surface area contributed by atoms with Crippen LogP contribution in [-0.4, -0.2) is 12.3 Å². The molecule has 0 saturated carbocycles. The number of esters is 1. The fourth-order valence-electron chi connectivity index (χ4n) is 3.05. The SMILES string of the molecule is CCC(C(=O)OCc1cccc(Oc2ccccc2)c1)c1cccc(OC(F)(F)F)c1. The average Bonchev–Trinajstić information content (AvgIpc) is 2.73. The van der Waals surface area contributed by atoms with Crippen molar-refractivity contribution in [1.29, 1.82) is 0 Å². The van der Waals surface area contributed by atoms with Gasteiger partial charge in [0.05, 0.1) is 5.92 Å². The number of benzene rings is 3. The zero-order valence-electron chi connectivity index (χ0n) is 16.8. The highest BCUT2D eigenvalue weighted by Crippen LogP contribution is 2.29. The van der Waals surface area contributed by atoms with Gasteiger partial charge in [-0.1, -0.05) is 49.4 Å². The van der Waals surface area contributed by atoms with Crippen LogP contribution in [0, 0.1) is 0 Å². The van der Waals surface area contributed by atoms with Crippen molar-refractivity contribution < 1.29 is 32.2 Å². The van der Waals surface area contributed by atoms with Gasteiger partial charge in [0.1, 0.15) is 23.9 Å². The number of ether oxygens (including phenoxy) is 3. The van der Waals surface area contributed by atoms with Crippen LogP contribution in [0.5, 0.6) is 17.2 Å². The Morgan fingerprint density at radius 2 is 1.55 bits per heavy atom. The second-order valence-corrected chi connectivity index (χ2v) is 6.75. The van der Waals surface area contributed by atoms with Crippen LogP contribution in [0.15, 0.2) is 78.9 Å². The first-order valence-electron chi connectivity index (χ1n) is 9.68. The fourth-order valence-corrected chi connectivity index (χ4v) is 3.05.